The SMILES string of the molecule is CCOc1ccccc1CCC(=O)Nc1c(C)cc(C)nc1C. The topological polar surface area (TPSA) is 51.2 Å². The number of hydrogen-bond donors (Lipinski definition) is 1. The van der Waals surface area contributed by atoms with Gasteiger partial charge in [0.05, 0.1) is 18.0 Å². The number of aryl methyl sites for hydroxylation is 4. The lowest BCUT2D eigenvalue weighted by atomic mass is 10.1. The van der Waals surface area contributed by atoms with E-state index in [-0.39, 0.29) is 5.91 Å². The number of nitrogens with zero attached hydrogens (tertiary/aromatic N) is 1. The molecule has 4 nitrogen and oxygen atoms in total. The summed E-state index contributed by atoms with van der Waals surface area (Å²) in [6.07, 6.45) is 1.07. The van der Waals surface area contributed by atoms with E-state index in [2.05, 4.69) is 10.3 Å². The van der Waals surface area contributed by atoms with Crippen LogP contribution in [0, 0.1) is 20.8 Å². The molecule has 0 spiro atoms. The molecule has 1 heterocycles. The molecular weight excluding hydrogens is 288 g/mol. The summed E-state index contributed by atoms with van der Waals surface area (Å²) in [6, 6.07) is 9.83. The van der Waals surface area contributed by atoms with Crippen molar-refractivity contribution < 1.29 is 9.53 Å². The highest BCUT2D eigenvalue weighted by Gasteiger charge is 2.11. The molecular formula is C19H24N2O2. The molecule has 0 saturated carbocycles. The van der Waals surface area contributed by atoms with Crippen molar-refractivity contribution in [3.63, 3.8) is 0 Å². The van der Waals surface area contributed by atoms with E-state index in [9.17, 15) is 4.79 Å². The minimum absolute atomic E-state index is 0.00634. The van der Waals surface area contributed by atoms with Crippen LogP contribution in [0.15, 0.2) is 30.3 Å². The van der Waals surface area contributed by atoms with Gasteiger partial charge in [0.25, 0.3) is 0 Å². The summed E-state index contributed by atoms with van der Waals surface area (Å²) in [5.74, 6) is 0.848. The van der Waals surface area contributed by atoms with Crippen molar-refractivity contribution in [2.45, 2.75) is 40.5 Å². The molecule has 122 valence electrons. The Kier molecular flexibility index (Phi) is 5.74. The predicted octanol–water partition coefficient (Wildman–Crippen LogP) is 3.98. The molecule has 0 saturated heterocycles. The smallest absolute Gasteiger partial charge is 0.224 e. The van der Waals surface area contributed by atoms with Gasteiger partial charge in [-0.15, -0.1) is 0 Å². The number of para-hydroxylation sites is 1. The number of anilines is 1. The average Bonchev–Trinajstić information content (AvgIpc) is 2.50. The highest BCUT2D eigenvalue weighted by Crippen LogP contribution is 2.22. The van der Waals surface area contributed by atoms with Gasteiger partial charge in [-0.25, -0.2) is 0 Å². The van der Waals surface area contributed by atoms with Crippen molar-refractivity contribution in [3.05, 3.63) is 52.8 Å². The Morgan fingerprint density at radius 2 is 1.96 bits per heavy atom. The second-order valence-electron chi connectivity index (χ2n) is 5.63. The standard InChI is InChI=1S/C19H24N2O2/c1-5-23-17-9-7-6-8-16(17)10-11-18(22)21-19-13(2)12-14(3)20-15(19)4/h6-9,12H,5,10-11H2,1-4H3,(H,21,22). The zero-order valence-corrected chi connectivity index (χ0v) is 14.3. The van der Waals surface area contributed by atoms with E-state index < -0.39 is 0 Å². The normalized spacial score (nSPS) is 10.4. The van der Waals surface area contributed by atoms with Crippen LogP contribution >= 0.6 is 0 Å². The van der Waals surface area contributed by atoms with Gasteiger partial charge in [-0.3, -0.25) is 9.78 Å². The maximum Gasteiger partial charge on any atom is 0.224 e. The third kappa shape index (κ3) is 4.55. The molecule has 1 aromatic carbocycles. The Morgan fingerprint density at radius 3 is 2.65 bits per heavy atom. The molecule has 0 aliphatic rings. The van der Waals surface area contributed by atoms with Crippen molar-refractivity contribution in [1.82, 2.24) is 4.98 Å². The first-order chi connectivity index (χ1) is 11.0. The molecule has 0 atom stereocenters. The summed E-state index contributed by atoms with van der Waals surface area (Å²) in [6.45, 7) is 8.44. The largest absolute Gasteiger partial charge is 0.494 e. The quantitative estimate of drug-likeness (QED) is 0.878. The van der Waals surface area contributed by atoms with Crippen LogP contribution in [0.25, 0.3) is 0 Å². The van der Waals surface area contributed by atoms with Crippen molar-refractivity contribution >= 4 is 11.6 Å². The molecule has 0 aliphatic heterocycles. The Balaban J connectivity index is 2.01. The number of carbonyl (C=O) groups excluding carboxylic acids is 1. The highest BCUT2D eigenvalue weighted by molar-refractivity contribution is 5.92. The van der Waals surface area contributed by atoms with Crippen LogP contribution in [0.1, 0.15) is 35.9 Å². The monoisotopic (exact) mass is 312 g/mol. The number of nitrogens with one attached hydrogen (secondary N) is 1. The molecule has 0 fully saturated rings. The van der Waals surface area contributed by atoms with Gasteiger partial charge in [-0.1, -0.05) is 18.2 Å². The van der Waals surface area contributed by atoms with Gasteiger partial charge in [-0.05, 0) is 57.4 Å². The molecule has 0 unspecified atom stereocenters. The third-order valence-electron chi connectivity index (χ3n) is 3.68. The maximum atomic E-state index is 12.3. The van der Waals surface area contributed by atoms with Crippen LogP contribution in [-0.4, -0.2) is 17.5 Å². The molecule has 2 rings (SSSR count). The van der Waals surface area contributed by atoms with E-state index in [0.717, 1.165) is 34.0 Å². The van der Waals surface area contributed by atoms with Gasteiger partial charge < -0.3 is 10.1 Å². The predicted molar refractivity (Wildman–Crippen MR) is 93.0 cm³/mol. The number of benzene rings is 1. The molecule has 0 bridgehead atoms. The molecule has 0 aliphatic carbocycles. The minimum atomic E-state index is -0.00634. The minimum Gasteiger partial charge on any atom is -0.494 e. The Bertz CT molecular complexity index is 673. The molecule has 23 heavy (non-hydrogen) atoms. The van der Waals surface area contributed by atoms with Gasteiger partial charge in [0.15, 0.2) is 0 Å². The lowest BCUT2D eigenvalue weighted by Crippen LogP contribution is -2.15. The second-order valence-corrected chi connectivity index (χ2v) is 5.63. The van der Waals surface area contributed by atoms with Crippen molar-refractivity contribution in [1.29, 1.82) is 0 Å². The Labute approximate surface area is 137 Å². The first-order valence-corrected chi connectivity index (χ1v) is 7.96. The Morgan fingerprint density at radius 1 is 1.22 bits per heavy atom. The van der Waals surface area contributed by atoms with E-state index >= 15 is 0 Å². The van der Waals surface area contributed by atoms with Crippen LogP contribution in [0.5, 0.6) is 5.75 Å². The van der Waals surface area contributed by atoms with Gasteiger partial charge in [0.2, 0.25) is 5.91 Å². The Hall–Kier alpha value is -2.36. The fourth-order valence-electron chi connectivity index (χ4n) is 2.67. The van der Waals surface area contributed by atoms with E-state index in [4.69, 9.17) is 4.74 Å². The summed E-state index contributed by atoms with van der Waals surface area (Å²) in [5, 5.41) is 2.99. The van der Waals surface area contributed by atoms with Crippen LogP contribution in [-0.2, 0) is 11.2 Å². The maximum absolute atomic E-state index is 12.3. The molecule has 2 aromatic rings. The first kappa shape index (κ1) is 17.0. The van der Waals surface area contributed by atoms with E-state index in [1.807, 2.05) is 58.0 Å². The first-order valence-electron chi connectivity index (χ1n) is 7.96. The summed E-state index contributed by atoms with van der Waals surface area (Å²) in [5.41, 5.74) is 4.73. The fourth-order valence-corrected chi connectivity index (χ4v) is 2.67. The summed E-state index contributed by atoms with van der Waals surface area (Å²) in [7, 11) is 0. The summed E-state index contributed by atoms with van der Waals surface area (Å²) < 4.78 is 5.60. The zero-order valence-electron chi connectivity index (χ0n) is 14.3. The van der Waals surface area contributed by atoms with Crippen LogP contribution < -0.4 is 10.1 Å². The van der Waals surface area contributed by atoms with Crippen molar-refractivity contribution in [2.24, 2.45) is 0 Å². The van der Waals surface area contributed by atoms with E-state index in [1.165, 1.54) is 0 Å². The summed E-state index contributed by atoms with van der Waals surface area (Å²) in [4.78, 5) is 16.7. The number of hydrogen-bond acceptors (Lipinski definition) is 3. The number of rotatable bonds is 6. The van der Waals surface area contributed by atoms with Crippen LogP contribution in [0.3, 0.4) is 0 Å². The van der Waals surface area contributed by atoms with Crippen LogP contribution in [0.2, 0.25) is 0 Å². The molecule has 1 aromatic heterocycles. The van der Waals surface area contributed by atoms with Gasteiger partial charge >= 0.3 is 0 Å². The number of ether oxygens (including phenoxy) is 1. The third-order valence-corrected chi connectivity index (χ3v) is 3.68. The number of pyridine rings is 1. The van der Waals surface area contributed by atoms with Gasteiger partial charge in [0.1, 0.15) is 5.75 Å². The van der Waals surface area contributed by atoms with Crippen LogP contribution in [0.4, 0.5) is 5.69 Å². The van der Waals surface area contributed by atoms with E-state index in [0.29, 0.717) is 19.4 Å². The number of carbonyl (C=O) groups is 1. The lowest BCUT2D eigenvalue weighted by Gasteiger charge is -2.13. The second kappa shape index (κ2) is 7.77. The van der Waals surface area contributed by atoms with Gasteiger partial charge in [-0.2, -0.15) is 0 Å². The summed E-state index contributed by atoms with van der Waals surface area (Å²) >= 11 is 0. The molecule has 0 radical (unpaired) electrons. The number of aromatic nitrogens is 1. The molecule has 1 amide bonds. The fraction of sp³-hybridized carbons (Fsp3) is 0.368. The highest BCUT2D eigenvalue weighted by atomic mass is 16.5. The zero-order chi connectivity index (χ0) is 16.8. The van der Waals surface area contributed by atoms with Gasteiger partial charge in [0, 0.05) is 12.1 Å². The molecule has 4 heteroatoms. The number of amides is 1. The average molecular weight is 312 g/mol. The lowest BCUT2D eigenvalue weighted by molar-refractivity contribution is -0.116. The van der Waals surface area contributed by atoms with Crippen molar-refractivity contribution in [2.75, 3.05) is 11.9 Å². The molecule has 1 N–H and O–H groups in total. The van der Waals surface area contributed by atoms with E-state index in [1.54, 1.807) is 0 Å². The van der Waals surface area contributed by atoms with Crippen molar-refractivity contribution in [3.8, 4) is 5.75 Å².